The fourth-order valence-electron chi connectivity index (χ4n) is 2.24. The molecule has 1 aromatic carbocycles. The van der Waals surface area contributed by atoms with E-state index in [9.17, 15) is 4.79 Å². The van der Waals surface area contributed by atoms with E-state index >= 15 is 0 Å². The van der Waals surface area contributed by atoms with Gasteiger partial charge in [0, 0.05) is 25.1 Å². The number of fused-ring (bicyclic) bond motifs is 1. The Morgan fingerprint density at radius 1 is 1.30 bits per heavy atom. The molecule has 0 spiro atoms. The van der Waals surface area contributed by atoms with Crippen molar-refractivity contribution in [3.8, 4) is 0 Å². The zero-order valence-electron chi connectivity index (χ0n) is 11.5. The van der Waals surface area contributed by atoms with Crippen molar-refractivity contribution in [2.45, 2.75) is 19.3 Å². The van der Waals surface area contributed by atoms with Crippen LogP contribution in [0.25, 0.3) is 10.8 Å². The average Bonchev–Trinajstić information content (AvgIpc) is 3.27. The van der Waals surface area contributed by atoms with Gasteiger partial charge in [-0.15, -0.1) is 0 Å². The Kier molecular flexibility index (Phi) is 4.02. The van der Waals surface area contributed by atoms with Crippen molar-refractivity contribution in [3.05, 3.63) is 40.7 Å². The van der Waals surface area contributed by atoms with Gasteiger partial charge in [-0.3, -0.25) is 4.79 Å². The average molecular weight is 272 g/mol. The molecule has 0 aliphatic heterocycles. The number of pyridine rings is 1. The van der Waals surface area contributed by atoms with Gasteiger partial charge in [-0.05, 0) is 42.7 Å². The third-order valence-corrected chi connectivity index (χ3v) is 3.58. The summed E-state index contributed by atoms with van der Waals surface area (Å²) in [6.07, 6.45) is 3.61. The van der Waals surface area contributed by atoms with Crippen LogP contribution in [0.2, 0.25) is 0 Å². The first kappa shape index (κ1) is 13.2. The molecule has 0 atom stereocenters. The van der Waals surface area contributed by atoms with Gasteiger partial charge in [0.05, 0.1) is 0 Å². The second-order valence-corrected chi connectivity index (χ2v) is 5.40. The Hall–Kier alpha value is -1.81. The Morgan fingerprint density at radius 3 is 3.00 bits per heavy atom. The van der Waals surface area contributed by atoms with E-state index < -0.39 is 0 Å². The summed E-state index contributed by atoms with van der Waals surface area (Å²) in [7, 11) is 0. The maximum Gasteiger partial charge on any atom is 0.257 e. The smallest absolute Gasteiger partial charge is 0.257 e. The van der Waals surface area contributed by atoms with Gasteiger partial charge < -0.3 is 15.0 Å². The predicted molar refractivity (Wildman–Crippen MR) is 81.2 cm³/mol. The van der Waals surface area contributed by atoms with E-state index in [0.717, 1.165) is 48.7 Å². The summed E-state index contributed by atoms with van der Waals surface area (Å²) in [5.74, 6) is 1.59. The van der Waals surface area contributed by atoms with Crippen molar-refractivity contribution in [1.82, 2.24) is 4.98 Å². The van der Waals surface area contributed by atoms with E-state index in [0.29, 0.717) is 0 Å². The SMILES string of the molecule is O=c1[nH]c(NCCCOCC2CC2)cc2ccccc12. The molecule has 106 valence electrons. The molecule has 0 saturated heterocycles. The lowest BCUT2D eigenvalue weighted by Gasteiger charge is -2.08. The van der Waals surface area contributed by atoms with Crippen molar-refractivity contribution in [3.63, 3.8) is 0 Å². The molecular formula is C16H20N2O2. The normalized spacial score (nSPS) is 14.6. The lowest BCUT2D eigenvalue weighted by molar-refractivity contribution is 0.124. The highest BCUT2D eigenvalue weighted by atomic mass is 16.5. The Labute approximate surface area is 118 Å². The minimum atomic E-state index is -0.0458. The quantitative estimate of drug-likeness (QED) is 0.762. The summed E-state index contributed by atoms with van der Waals surface area (Å²) in [6, 6.07) is 9.58. The molecule has 1 fully saturated rings. The molecule has 0 unspecified atom stereocenters. The van der Waals surface area contributed by atoms with E-state index in [4.69, 9.17) is 4.74 Å². The molecule has 0 amide bonds. The first-order chi connectivity index (χ1) is 9.83. The molecule has 0 bridgehead atoms. The first-order valence-electron chi connectivity index (χ1n) is 7.26. The molecule has 1 aliphatic rings. The van der Waals surface area contributed by atoms with Crippen molar-refractivity contribution in [2.24, 2.45) is 5.92 Å². The fraction of sp³-hybridized carbons (Fsp3) is 0.438. The number of aromatic amines is 1. The summed E-state index contributed by atoms with van der Waals surface area (Å²) >= 11 is 0. The first-order valence-corrected chi connectivity index (χ1v) is 7.26. The summed E-state index contributed by atoms with van der Waals surface area (Å²) < 4.78 is 5.58. The minimum Gasteiger partial charge on any atom is -0.381 e. The summed E-state index contributed by atoms with van der Waals surface area (Å²) in [5.41, 5.74) is -0.0458. The number of H-pyrrole nitrogens is 1. The second kappa shape index (κ2) is 6.09. The molecule has 1 aliphatic carbocycles. The standard InChI is InChI=1S/C16H20N2O2/c19-16-14-5-2-1-4-13(14)10-15(18-16)17-8-3-9-20-11-12-6-7-12/h1-2,4-5,10,12H,3,6-9,11H2,(H2,17,18,19). The van der Waals surface area contributed by atoms with E-state index in [1.807, 2.05) is 30.3 Å². The van der Waals surface area contributed by atoms with Crippen LogP contribution in [0.3, 0.4) is 0 Å². The van der Waals surface area contributed by atoms with Gasteiger partial charge >= 0.3 is 0 Å². The van der Waals surface area contributed by atoms with Crippen LogP contribution < -0.4 is 10.9 Å². The minimum absolute atomic E-state index is 0.0458. The molecule has 3 rings (SSSR count). The number of rotatable bonds is 7. The number of ether oxygens (including phenoxy) is 1. The summed E-state index contributed by atoms with van der Waals surface area (Å²) in [6.45, 7) is 2.49. The molecule has 2 N–H and O–H groups in total. The number of aromatic nitrogens is 1. The number of hydrogen-bond donors (Lipinski definition) is 2. The highest BCUT2D eigenvalue weighted by molar-refractivity contribution is 5.83. The zero-order chi connectivity index (χ0) is 13.8. The van der Waals surface area contributed by atoms with Crippen LogP contribution in [0.5, 0.6) is 0 Å². The Bertz CT molecular complexity index is 632. The summed E-state index contributed by atoms with van der Waals surface area (Å²) in [4.78, 5) is 14.8. The lowest BCUT2D eigenvalue weighted by Crippen LogP contribution is -2.13. The second-order valence-electron chi connectivity index (χ2n) is 5.40. The molecule has 4 nitrogen and oxygen atoms in total. The predicted octanol–water partition coefficient (Wildman–Crippen LogP) is 2.76. The third-order valence-electron chi connectivity index (χ3n) is 3.58. The van der Waals surface area contributed by atoms with Crippen LogP contribution in [-0.4, -0.2) is 24.7 Å². The summed E-state index contributed by atoms with van der Waals surface area (Å²) in [5, 5.41) is 4.94. The van der Waals surface area contributed by atoms with Gasteiger partial charge in [-0.2, -0.15) is 0 Å². The molecular weight excluding hydrogens is 252 g/mol. The van der Waals surface area contributed by atoms with Gasteiger partial charge in [0.25, 0.3) is 5.56 Å². The van der Waals surface area contributed by atoms with E-state index in [1.165, 1.54) is 12.8 Å². The molecule has 1 saturated carbocycles. The van der Waals surface area contributed by atoms with Gasteiger partial charge in [0.2, 0.25) is 0 Å². The zero-order valence-corrected chi connectivity index (χ0v) is 11.5. The lowest BCUT2D eigenvalue weighted by atomic mass is 10.2. The maximum atomic E-state index is 11.9. The molecule has 0 radical (unpaired) electrons. The van der Waals surface area contributed by atoms with Gasteiger partial charge in [-0.1, -0.05) is 18.2 Å². The van der Waals surface area contributed by atoms with Crippen molar-refractivity contribution < 1.29 is 4.74 Å². The van der Waals surface area contributed by atoms with Crippen molar-refractivity contribution in [2.75, 3.05) is 25.1 Å². The number of benzene rings is 1. The van der Waals surface area contributed by atoms with E-state index in [-0.39, 0.29) is 5.56 Å². The molecule has 2 aromatic rings. The fourth-order valence-corrected chi connectivity index (χ4v) is 2.24. The highest BCUT2D eigenvalue weighted by Gasteiger charge is 2.20. The molecule has 4 heteroatoms. The van der Waals surface area contributed by atoms with Crippen LogP contribution in [0.1, 0.15) is 19.3 Å². The van der Waals surface area contributed by atoms with Gasteiger partial charge in [-0.25, -0.2) is 0 Å². The van der Waals surface area contributed by atoms with Gasteiger partial charge in [0.1, 0.15) is 5.82 Å². The third kappa shape index (κ3) is 3.39. The van der Waals surface area contributed by atoms with Crippen LogP contribution >= 0.6 is 0 Å². The number of anilines is 1. The Balaban J connectivity index is 1.50. The van der Waals surface area contributed by atoms with Crippen LogP contribution in [0, 0.1) is 5.92 Å². The van der Waals surface area contributed by atoms with Crippen LogP contribution in [0.4, 0.5) is 5.82 Å². The maximum absolute atomic E-state index is 11.9. The number of hydrogen-bond acceptors (Lipinski definition) is 3. The molecule has 1 heterocycles. The van der Waals surface area contributed by atoms with Crippen LogP contribution in [0.15, 0.2) is 35.1 Å². The monoisotopic (exact) mass is 272 g/mol. The van der Waals surface area contributed by atoms with E-state index in [1.54, 1.807) is 0 Å². The Morgan fingerprint density at radius 2 is 2.15 bits per heavy atom. The van der Waals surface area contributed by atoms with Crippen molar-refractivity contribution in [1.29, 1.82) is 0 Å². The number of nitrogens with one attached hydrogen (secondary N) is 2. The topological polar surface area (TPSA) is 54.1 Å². The molecule has 20 heavy (non-hydrogen) atoms. The van der Waals surface area contributed by atoms with E-state index in [2.05, 4.69) is 10.3 Å². The molecule has 1 aromatic heterocycles. The van der Waals surface area contributed by atoms with Crippen LogP contribution in [-0.2, 0) is 4.74 Å². The largest absolute Gasteiger partial charge is 0.381 e. The highest BCUT2D eigenvalue weighted by Crippen LogP contribution is 2.28. The van der Waals surface area contributed by atoms with Crippen molar-refractivity contribution >= 4 is 16.6 Å². The van der Waals surface area contributed by atoms with Gasteiger partial charge in [0.15, 0.2) is 0 Å².